The zero-order valence-electron chi connectivity index (χ0n) is 19.8. The van der Waals surface area contributed by atoms with Crippen molar-refractivity contribution in [2.45, 2.75) is 32.6 Å². The molecule has 0 aliphatic rings. The first-order valence-electron chi connectivity index (χ1n) is 11.8. The number of aryl methyl sites for hydroxylation is 1. The zero-order valence-corrected chi connectivity index (χ0v) is 19.8. The summed E-state index contributed by atoms with van der Waals surface area (Å²) in [5.74, 6) is 0.309. The molecule has 5 rings (SSSR count). The van der Waals surface area contributed by atoms with Crippen molar-refractivity contribution in [3.05, 3.63) is 101 Å². The molecule has 0 aliphatic carbocycles. The monoisotopic (exact) mass is 481 g/mol. The highest BCUT2D eigenvalue weighted by Gasteiger charge is 2.15. The number of aromatic nitrogens is 5. The lowest BCUT2D eigenvalue weighted by molar-refractivity contribution is -0.117. The Morgan fingerprint density at radius 2 is 1.69 bits per heavy atom. The summed E-state index contributed by atoms with van der Waals surface area (Å²) in [6, 6.07) is 20.9. The van der Waals surface area contributed by atoms with E-state index in [9.17, 15) is 14.0 Å². The third-order valence-corrected chi connectivity index (χ3v) is 6.01. The minimum Gasteiger partial charge on any atom is -0.300 e. The molecule has 2 heterocycles. The number of hydrogen-bond donors (Lipinski definition) is 0. The van der Waals surface area contributed by atoms with E-state index in [2.05, 4.69) is 10.3 Å². The molecule has 0 radical (unpaired) electrons. The molecule has 180 valence electrons. The van der Waals surface area contributed by atoms with Crippen molar-refractivity contribution in [1.29, 1.82) is 0 Å². The number of carbonyl (C=O) groups excluding carboxylic acids is 1. The number of benzene rings is 3. The van der Waals surface area contributed by atoms with Gasteiger partial charge in [-0.3, -0.25) is 9.36 Å². The molecule has 3 aromatic carbocycles. The molecule has 0 amide bonds. The lowest BCUT2D eigenvalue weighted by Gasteiger charge is -2.14. The molecule has 0 fully saturated rings. The minimum absolute atomic E-state index is 0.129. The first-order valence-corrected chi connectivity index (χ1v) is 11.8. The number of fused-ring (bicyclic) bond motifs is 1. The van der Waals surface area contributed by atoms with E-state index in [0.717, 1.165) is 16.9 Å². The highest BCUT2D eigenvalue weighted by atomic mass is 19.1. The van der Waals surface area contributed by atoms with Crippen LogP contribution in [0.4, 0.5) is 4.39 Å². The van der Waals surface area contributed by atoms with Gasteiger partial charge < -0.3 is 4.79 Å². The maximum absolute atomic E-state index is 13.6. The Hall–Kier alpha value is -4.46. The summed E-state index contributed by atoms with van der Waals surface area (Å²) in [4.78, 5) is 29.7. The molecular formula is C28H24FN5O2. The number of halogens is 1. The molecule has 0 bridgehead atoms. The van der Waals surface area contributed by atoms with Crippen molar-refractivity contribution >= 4 is 16.7 Å². The van der Waals surface area contributed by atoms with Crippen LogP contribution in [0.2, 0.25) is 0 Å². The van der Waals surface area contributed by atoms with Gasteiger partial charge in [-0.15, -0.1) is 5.10 Å². The predicted octanol–water partition coefficient (Wildman–Crippen LogP) is 5.07. The SMILES string of the molecule is CC(=O)CCCCc1nc2cc(-n3cc(-c4ccccc4)nn3)ccc2c(=O)n1-c1ccc(F)cc1. The zero-order chi connectivity index (χ0) is 25.1. The average molecular weight is 482 g/mol. The summed E-state index contributed by atoms with van der Waals surface area (Å²) in [7, 11) is 0. The molecule has 0 aliphatic heterocycles. The van der Waals surface area contributed by atoms with Crippen LogP contribution < -0.4 is 5.56 Å². The first-order chi connectivity index (χ1) is 17.5. The number of Topliss-reactive ketones (excluding diaryl/α,β-unsaturated/α-hetero) is 1. The van der Waals surface area contributed by atoms with Gasteiger partial charge in [-0.25, -0.2) is 14.1 Å². The average Bonchev–Trinajstić information content (AvgIpc) is 3.38. The van der Waals surface area contributed by atoms with Gasteiger partial charge in [0.1, 0.15) is 23.1 Å². The Balaban J connectivity index is 1.56. The molecule has 0 saturated heterocycles. The third-order valence-electron chi connectivity index (χ3n) is 6.01. The molecule has 7 nitrogen and oxygen atoms in total. The summed E-state index contributed by atoms with van der Waals surface area (Å²) in [6.07, 6.45) is 4.21. The summed E-state index contributed by atoms with van der Waals surface area (Å²) < 4.78 is 16.7. The highest BCUT2D eigenvalue weighted by molar-refractivity contribution is 5.80. The smallest absolute Gasteiger partial charge is 0.265 e. The molecule has 5 aromatic rings. The van der Waals surface area contributed by atoms with Gasteiger partial charge in [-0.2, -0.15) is 0 Å². The molecule has 0 N–H and O–H groups in total. The van der Waals surface area contributed by atoms with Crippen LogP contribution in [0, 0.1) is 5.82 Å². The number of rotatable bonds is 8. The van der Waals surface area contributed by atoms with Gasteiger partial charge in [0.15, 0.2) is 0 Å². The van der Waals surface area contributed by atoms with Crippen LogP contribution >= 0.6 is 0 Å². The molecule has 0 saturated carbocycles. The van der Waals surface area contributed by atoms with Gasteiger partial charge in [0.2, 0.25) is 0 Å². The largest absolute Gasteiger partial charge is 0.300 e. The topological polar surface area (TPSA) is 82.7 Å². The maximum atomic E-state index is 13.6. The van der Waals surface area contributed by atoms with Crippen LogP contribution in [-0.2, 0) is 11.2 Å². The van der Waals surface area contributed by atoms with Crippen molar-refractivity contribution in [3.63, 3.8) is 0 Å². The Morgan fingerprint density at radius 1 is 0.944 bits per heavy atom. The van der Waals surface area contributed by atoms with Crippen LogP contribution in [0.1, 0.15) is 32.0 Å². The fourth-order valence-electron chi connectivity index (χ4n) is 4.17. The second-order valence-corrected chi connectivity index (χ2v) is 8.67. The third kappa shape index (κ3) is 4.84. The summed E-state index contributed by atoms with van der Waals surface area (Å²) >= 11 is 0. The van der Waals surface area contributed by atoms with Crippen LogP contribution in [0.3, 0.4) is 0 Å². The van der Waals surface area contributed by atoms with Gasteiger partial charge in [0.25, 0.3) is 5.56 Å². The van der Waals surface area contributed by atoms with Gasteiger partial charge in [0.05, 0.1) is 28.5 Å². The molecule has 8 heteroatoms. The van der Waals surface area contributed by atoms with Crippen LogP contribution in [0.25, 0.3) is 33.5 Å². The van der Waals surface area contributed by atoms with Crippen LogP contribution in [0.15, 0.2) is 83.8 Å². The molecule has 0 atom stereocenters. The Kier molecular flexibility index (Phi) is 6.49. The molecule has 2 aromatic heterocycles. The van der Waals surface area contributed by atoms with Crippen molar-refractivity contribution in [3.8, 4) is 22.6 Å². The standard InChI is InChI=1S/C28H24FN5O2/c1-19(35)7-5-6-10-27-30-25-17-23(33-18-26(31-32-33)20-8-3-2-4-9-20)15-16-24(25)28(36)34(27)22-13-11-21(29)12-14-22/h2-4,8-9,11-18H,5-7,10H2,1H3. The normalized spacial score (nSPS) is 11.2. The van der Waals surface area contributed by atoms with Crippen molar-refractivity contribution in [2.75, 3.05) is 0 Å². The van der Waals surface area contributed by atoms with E-state index in [1.165, 1.54) is 16.7 Å². The highest BCUT2D eigenvalue weighted by Crippen LogP contribution is 2.21. The Labute approximate surface area is 206 Å². The Morgan fingerprint density at radius 3 is 2.44 bits per heavy atom. The van der Waals surface area contributed by atoms with Crippen molar-refractivity contribution in [1.82, 2.24) is 24.5 Å². The van der Waals surface area contributed by atoms with Gasteiger partial charge in [-0.05, 0) is 62.2 Å². The fraction of sp³-hybridized carbons (Fsp3) is 0.179. The molecular weight excluding hydrogens is 457 g/mol. The lowest BCUT2D eigenvalue weighted by Crippen LogP contribution is -2.24. The molecule has 0 unspecified atom stereocenters. The summed E-state index contributed by atoms with van der Waals surface area (Å²) in [6.45, 7) is 1.57. The van der Waals surface area contributed by atoms with Gasteiger partial charge in [0, 0.05) is 18.4 Å². The van der Waals surface area contributed by atoms with Crippen LogP contribution in [-0.4, -0.2) is 30.3 Å². The van der Waals surface area contributed by atoms with E-state index in [0.29, 0.717) is 48.1 Å². The molecule has 36 heavy (non-hydrogen) atoms. The number of unbranched alkanes of at least 4 members (excludes halogenated alkanes) is 1. The first kappa shape index (κ1) is 23.3. The van der Waals surface area contributed by atoms with Gasteiger partial charge in [-0.1, -0.05) is 35.5 Å². The predicted molar refractivity (Wildman–Crippen MR) is 136 cm³/mol. The number of hydrogen-bond acceptors (Lipinski definition) is 5. The van der Waals surface area contributed by atoms with E-state index in [1.807, 2.05) is 42.6 Å². The summed E-state index contributed by atoms with van der Waals surface area (Å²) in [5.41, 5.74) is 3.27. The lowest BCUT2D eigenvalue weighted by atomic mass is 10.1. The molecule has 0 spiro atoms. The minimum atomic E-state index is -0.379. The number of ketones is 1. The summed E-state index contributed by atoms with van der Waals surface area (Å²) in [5, 5.41) is 8.97. The second-order valence-electron chi connectivity index (χ2n) is 8.67. The van der Waals surface area contributed by atoms with E-state index < -0.39 is 0 Å². The second kappa shape index (κ2) is 10.0. The number of carbonyl (C=O) groups is 1. The van der Waals surface area contributed by atoms with Crippen LogP contribution in [0.5, 0.6) is 0 Å². The van der Waals surface area contributed by atoms with E-state index in [4.69, 9.17) is 4.98 Å². The number of nitrogens with zero attached hydrogens (tertiary/aromatic N) is 5. The fourth-order valence-corrected chi connectivity index (χ4v) is 4.17. The van der Waals surface area contributed by atoms with E-state index in [-0.39, 0.29) is 17.2 Å². The van der Waals surface area contributed by atoms with E-state index in [1.54, 1.807) is 35.9 Å². The van der Waals surface area contributed by atoms with Gasteiger partial charge >= 0.3 is 0 Å². The van der Waals surface area contributed by atoms with E-state index >= 15 is 0 Å². The van der Waals surface area contributed by atoms with Crippen molar-refractivity contribution < 1.29 is 9.18 Å². The maximum Gasteiger partial charge on any atom is 0.265 e. The Bertz CT molecular complexity index is 1590. The van der Waals surface area contributed by atoms with Crippen molar-refractivity contribution in [2.24, 2.45) is 0 Å². The quantitative estimate of drug-likeness (QED) is 0.289.